The molecule has 0 aliphatic rings. The smallest absolute Gasteiger partial charge is 0.412 e. The maximum Gasteiger partial charge on any atom is 0.412 e. The van der Waals surface area contributed by atoms with Crippen LogP contribution < -0.4 is 10.6 Å². The van der Waals surface area contributed by atoms with Crippen molar-refractivity contribution in [1.82, 2.24) is 0 Å². The fourth-order valence-electron chi connectivity index (χ4n) is 1.38. The van der Waals surface area contributed by atoms with Gasteiger partial charge in [0, 0.05) is 18.3 Å². The Hall–Kier alpha value is -1.71. The molecule has 0 aliphatic carbocycles. The summed E-state index contributed by atoms with van der Waals surface area (Å²) in [5, 5.41) is 5.96. The third-order valence-corrected chi connectivity index (χ3v) is 2.15. The van der Waals surface area contributed by atoms with Crippen LogP contribution >= 0.6 is 0 Å². The first-order chi connectivity index (χ1) is 8.76. The van der Waals surface area contributed by atoms with Gasteiger partial charge in [0.05, 0.1) is 5.69 Å². The number of nitrogens with one attached hydrogen (secondary N) is 2. The average Bonchev–Trinajstić information content (AvgIpc) is 2.24. The largest absolute Gasteiger partial charge is 0.444 e. The van der Waals surface area contributed by atoms with E-state index >= 15 is 0 Å². The van der Waals surface area contributed by atoms with Crippen LogP contribution in [0.25, 0.3) is 0 Å². The Morgan fingerprint density at radius 2 is 2.11 bits per heavy atom. The van der Waals surface area contributed by atoms with Crippen LogP contribution in [0.2, 0.25) is 0 Å². The van der Waals surface area contributed by atoms with Crippen molar-refractivity contribution < 1.29 is 9.53 Å². The molecule has 0 saturated heterocycles. The predicted octanol–water partition coefficient (Wildman–Crippen LogP) is 3.90. The first-order valence-electron chi connectivity index (χ1n) is 6.52. The molecule has 1 rings (SSSR count). The molecule has 0 aliphatic heterocycles. The van der Waals surface area contributed by atoms with Crippen LogP contribution in [0.3, 0.4) is 0 Å². The Morgan fingerprint density at radius 1 is 1.42 bits per heavy atom. The molecule has 0 heterocycles. The van der Waals surface area contributed by atoms with Gasteiger partial charge in [-0.05, 0) is 38.8 Å². The van der Waals surface area contributed by atoms with E-state index in [1.807, 2.05) is 32.9 Å². The second kappa shape index (κ2) is 6.45. The molecule has 0 unspecified atom stereocenters. The molecule has 0 aromatic heterocycles. The highest BCUT2D eigenvalue weighted by molar-refractivity contribution is 5.85. The lowest BCUT2D eigenvalue weighted by Gasteiger charge is -2.19. The van der Waals surface area contributed by atoms with Gasteiger partial charge in [-0.15, -0.1) is 0 Å². The molecule has 19 heavy (non-hydrogen) atoms. The summed E-state index contributed by atoms with van der Waals surface area (Å²) in [6.45, 7) is 10.7. The number of carbonyl (C=O) groups is 1. The Balaban J connectivity index is 2.59. The van der Waals surface area contributed by atoms with Gasteiger partial charge < -0.3 is 10.1 Å². The van der Waals surface area contributed by atoms with Gasteiger partial charge in [-0.2, -0.15) is 0 Å². The molecular formula is C15H23N2O2. The van der Waals surface area contributed by atoms with E-state index in [1.54, 1.807) is 6.07 Å². The number of benzene rings is 1. The molecule has 1 aromatic carbocycles. The van der Waals surface area contributed by atoms with E-state index < -0.39 is 11.7 Å². The van der Waals surface area contributed by atoms with Gasteiger partial charge in [0.15, 0.2) is 0 Å². The maximum atomic E-state index is 11.6. The van der Waals surface area contributed by atoms with Crippen molar-refractivity contribution >= 4 is 17.5 Å². The molecule has 4 nitrogen and oxygen atoms in total. The van der Waals surface area contributed by atoms with Crippen LogP contribution in [0.15, 0.2) is 18.2 Å². The Labute approximate surface area is 115 Å². The SMILES string of the molecule is CC(C)CNc1cc[c]c(NC(=O)OC(C)(C)C)c1. The lowest BCUT2D eigenvalue weighted by Crippen LogP contribution is -2.27. The number of carbonyl (C=O) groups excluding carboxylic acids is 1. The highest BCUT2D eigenvalue weighted by Crippen LogP contribution is 2.16. The summed E-state index contributed by atoms with van der Waals surface area (Å²) in [4.78, 5) is 11.6. The zero-order chi connectivity index (χ0) is 14.5. The zero-order valence-electron chi connectivity index (χ0n) is 12.3. The summed E-state index contributed by atoms with van der Waals surface area (Å²) in [6, 6.07) is 8.49. The Kier molecular flexibility index (Phi) is 5.21. The lowest BCUT2D eigenvalue weighted by molar-refractivity contribution is 0.0636. The molecule has 4 heteroatoms. The molecule has 0 atom stereocenters. The van der Waals surface area contributed by atoms with Gasteiger partial charge in [-0.25, -0.2) is 4.79 Å². The van der Waals surface area contributed by atoms with Crippen molar-refractivity contribution in [1.29, 1.82) is 0 Å². The molecule has 0 fully saturated rings. The van der Waals surface area contributed by atoms with E-state index in [4.69, 9.17) is 4.74 Å². The number of anilines is 2. The van der Waals surface area contributed by atoms with Gasteiger partial charge in [0.1, 0.15) is 5.60 Å². The molecule has 0 bridgehead atoms. The quantitative estimate of drug-likeness (QED) is 0.866. The molecule has 1 radical (unpaired) electrons. The minimum atomic E-state index is -0.502. The highest BCUT2D eigenvalue weighted by atomic mass is 16.6. The summed E-state index contributed by atoms with van der Waals surface area (Å²) < 4.78 is 5.19. The second-order valence-corrected chi connectivity index (χ2v) is 5.89. The van der Waals surface area contributed by atoms with Gasteiger partial charge in [0.25, 0.3) is 0 Å². The number of hydrogen-bond acceptors (Lipinski definition) is 3. The monoisotopic (exact) mass is 263 g/mol. The van der Waals surface area contributed by atoms with E-state index in [0.717, 1.165) is 12.2 Å². The maximum absolute atomic E-state index is 11.6. The summed E-state index contributed by atoms with van der Waals surface area (Å²) in [5.41, 5.74) is 1.05. The van der Waals surface area contributed by atoms with Gasteiger partial charge >= 0.3 is 6.09 Å². The van der Waals surface area contributed by atoms with Crippen molar-refractivity contribution in [3.8, 4) is 0 Å². The second-order valence-electron chi connectivity index (χ2n) is 5.89. The predicted molar refractivity (Wildman–Crippen MR) is 78.5 cm³/mol. The van der Waals surface area contributed by atoms with Gasteiger partial charge in [0.2, 0.25) is 0 Å². The van der Waals surface area contributed by atoms with E-state index in [9.17, 15) is 4.79 Å². The topological polar surface area (TPSA) is 50.4 Å². The van der Waals surface area contributed by atoms with Crippen LogP contribution in [0.1, 0.15) is 34.6 Å². The molecule has 1 aromatic rings. The number of rotatable bonds is 4. The molecule has 0 spiro atoms. The van der Waals surface area contributed by atoms with Crippen LogP contribution in [-0.4, -0.2) is 18.2 Å². The van der Waals surface area contributed by atoms with Crippen LogP contribution in [0.5, 0.6) is 0 Å². The summed E-state index contributed by atoms with van der Waals surface area (Å²) in [5.74, 6) is 0.562. The number of hydrogen-bond donors (Lipinski definition) is 2. The van der Waals surface area contributed by atoms with Crippen LogP contribution in [0, 0.1) is 12.0 Å². The van der Waals surface area contributed by atoms with Crippen molar-refractivity contribution in [3.63, 3.8) is 0 Å². The lowest BCUT2D eigenvalue weighted by atomic mass is 10.2. The third-order valence-electron chi connectivity index (χ3n) is 2.15. The van der Waals surface area contributed by atoms with Crippen molar-refractivity contribution in [3.05, 3.63) is 24.3 Å². The highest BCUT2D eigenvalue weighted by Gasteiger charge is 2.16. The standard InChI is InChI=1S/C15H23N2O2/c1-11(2)10-16-12-7-6-8-13(9-12)17-14(18)19-15(3,4)5/h6-7,9,11,16H,10H2,1-5H3,(H,17,18). The summed E-state index contributed by atoms with van der Waals surface area (Å²) in [6.07, 6.45) is -0.468. The van der Waals surface area contributed by atoms with Crippen molar-refractivity contribution in [2.24, 2.45) is 5.92 Å². The minimum Gasteiger partial charge on any atom is -0.444 e. The molecule has 1 amide bonds. The first kappa shape index (κ1) is 15.3. The third kappa shape index (κ3) is 6.70. The Bertz CT molecular complexity index is 422. The molecular weight excluding hydrogens is 240 g/mol. The van der Waals surface area contributed by atoms with Crippen LogP contribution in [-0.2, 0) is 4.74 Å². The Morgan fingerprint density at radius 3 is 2.68 bits per heavy atom. The van der Waals surface area contributed by atoms with Crippen LogP contribution in [0.4, 0.5) is 16.2 Å². The van der Waals surface area contributed by atoms with E-state index in [2.05, 4.69) is 30.5 Å². The summed E-state index contributed by atoms with van der Waals surface area (Å²) in [7, 11) is 0. The fourth-order valence-corrected chi connectivity index (χ4v) is 1.38. The number of amides is 1. The van der Waals surface area contributed by atoms with E-state index in [1.165, 1.54) is 0 Å². The van der Waals surface area contributed by atoms with E-state index in [-0.39, 0.29) is 0 Å². The fraction of sp³-hybridized carbons (Fsp3) is 0.533. The van der Waals surface area contributed by atoms with Gasteiger partial charge in [-0.1, -0.05) is 19.9 Å². The zero-order valence-corrected chi connectivity index (χ0v) is 12.3. The first-order valence-corrected chi connectivity index (χ1v) is 6.52. The molecule has 105 valence electrons. The normalized spacial score (nSPS) is 11.3. The molecule has 0 saturated carbocycles. The van der Waals surface area contributed by atoms with E-state index in [0.29, 0.717) is 11.6 Å². The molecule has 2 N–H and O–H groups in total. The summed E-state index contributed by atoms with van der Waals surface area (Å²) >= 11 is 0. The average molecular weight is 263 g/mol. The van der Waals surface area contributed by atoms with Crippen molar-refractivity contribution in [2.45, 2.75) is 40.2 Å². The van der Waals surface area contributed by atoms with Crippen molar-refractivity contribution in [2.75, 3.05) is 17.2 Å². The number of ether oxygens (including phenoxy) is 1. The minimum absolute atomic E-state index is 0.468. The van der Waals surface area contributed by atoms with Gasteiger partial charge in [-0.3, -0.25) is 5.32 Å².